The average Bonchev–Trinajstić information content (AvgIpc) is 3.13. The number of nitrogens with zero attached hydrogens (tertiary/aromatic N) is 5. The highest BCUT2D eigenvalue weighted by Gasteiger charge is 2.12. The summed E-state index contributed by atoms with van der Waals surface area (Å²) in [6.07, 6.45) is 6.34. The van der Waals surface area contributed by atoms with Crippen molar-refractivity contribution in [1.82, 2.24) is 24.7 Å². The van der Waals surface area contributed by atoms with Crippen molar-refractivity contribution < 1.29 is 4.74 Å². The molecule has 130 valence electrons. The van der Waals surface area contributed by atoms with Gasteiger partial charge in [0.05, 0.1) is 18.9 Å². The highest BCUT2D eigenvalue weighted by molar-refractivity contribution is 5.35. The maximum absolute atomic E-state index is 5.76. The Morgan fingerprint density at radius 3 is 2.56 bits per heavy atom. The van der Waals surface area contributed by atoms with Crippen LogP contribution in [-0.4, -0.2) is 37.9 Å². The van der Waals surface area contributed by atoms with Gasteiger partial charge in [-0.15, -0.1) is 0 Å². The predicted octanol–water partition coefficient (Wildman–Crippen LogP) is 2.85. The Labute approximate surface area is 147 Å². The van der Waals surface area contributed by atoms with Gasteiger partial charge in [-0.25, -0.2) is 14.6 Å². The van der Waals surface area contributed by atoms with Gasteiger partial charge in [-0.3, -0.25) is 4.98 Å². The topological polar surface area (TPSA) is 77.8 Å². The fourth-order valence-electron chi connectivity index (χ4n) is 2.28. The van der Waals surface area contributed by atoms with Crippen LogP contribution in [0.3, 0.4) is 0 Å². The minimum atomic E-state index is 0.147. The minimum Gasteiger partial charge on any atom is -0.492 e. The lowest BCUT2D eigenvalue weighted by molar-refractivity contribution is 0.332. The van der Waals surface area contributed by atoms with Crippen LogP contribution in [-0.2, 0) is 5.41 Å². The summed E-state index contributed by atoms with van der Waals surface area (Å²) >= 11 is 0. The molecular formula is C18H22N6O. The lowest BCUT2D eigenvalue weighted by Gasteiger charge is -2.19. The summed E-state index contributed by atoms with van der Waals surface area (Å²) in [5.41, 5.74) is 1.44. The number of hydrogen-bond acceptors (Lipinski definition) is 6. The molecule has 0 radical (unpaired) electrons. The number of benzene rings is 1. The monoisotopic (exact) mass is 338 g/mol. The van der Waals surface area contributed by atoms with Crippen molar-refractivity contribution in [3.63, 3.8) is 0 Å². The van der Waals surface area contributed by atoms with E-state index in [2.05, 4.69) is 58.3 Å². The molecule has 0 fully saturated rings. The smallest absolute Gasteiger partial charge is 0.175 e. The maximum Gasteiger partial charge on any atom is 0.175 e. The van der Waals surface area contributed by atoms with Gasteiger partial charge in [-0.1, -0.05) is 32.9 Å². The Bertz CT molecular complexity index is 793. The standard InChI is InChI=1S/C18H22N6O/c1-18(2,3)14-4-6-15(7-5-14)25-9-8-21-16-10-19-11-17(23-16)24-13-20-12-22-24/h4-7,10-13H,8-9H2,1-3H3,(H,21,23). The largest absolute Gasteiger partial charge is 0.492 e. The van der Waals surface area contributed by atoms with Crippen molar-refractivity contribution in [1.29, 1.82) is 0 Å². The van der Waals surface area contributed by atoms with Crippen molar-refractivity contribution in [2.45, 2.75) is 26.2 Å². The molecule has 0 aliphatic rings. The molecule has 2 heterocycles. The molecule has 0 aliphatic heterocycles. The van der Waals surface area contributed by atoms with E-state index >= 15 is 0 Å². The molecule has 0 aliphatic carbocycles. The quantitative estimate of drug-likeness (QED) is 0.696. The number of anilines is 1. The number of hydrogen-bond donors (Lipinski definition) is 1. The number of nitrogens with one attached hydrogen (secondary N) is 1. The highest BCUT2D eigenvalue weighted by atomic mass is 16.5. The molecule has 1 aromatic carbocycles. The zero-order valence-corrected chi connectivity index (χ0v) is 14.7. The van der Waals surface area contributed by atoms with E-state index in [4.69, 9.17) is 4.74 Å². The van der Waals surface area contributed by atoms with Gasteiger partial charge in [0.1, 0.15) is 30.8 Å². The van der Waals surface area contributed by atoms with Gasteiger partial charge in [-0.05, 0) is 23.1 Å². The van der Waals surface area contributed by atoms with Crippen molar-refractivity contribution >= 4 is 5.82 Å². The molecule has 0 bridgehead atoms. The molecule has 3 aromatic rings. The van der Waals surface area contributed by atoms with Crippen LogP contribution in [0.5, 0.6) is 5.75 Å². The van der Waals surface area contributed by atoms with Crippen LogP contribution in [0.2, 0.25) is 0 Å². The van der Waals surface area contributed by atoms with Crippen molar-refractivity contribution in [3.05, 3.63) is 54.9 Å². The van der Waals surface area contributed by atoms with Gasteiger partial charge in [0.25, 0.3) is 0 Å². The summed E-state index contributed by atoms with van der Waals surface area (Å²) in [5.74, 6) is 2.14. The van der Waals surface area contributed by atoms with Gasteiger partial charge in [0.2, 0.25) is 0 Å². The molecule has 0 saturated carbocycles. The van der Waals surface area contributed by atoms with Crippen molar-refractivity contribution in [2.24, 2.45) is 0 Å². The fourth-order valence-corrected chi connectivity index (χ4v) is 2.28. The van der Waals surface area contributed by atoms with E-state index in [1.807, 2.05) is 12.1 Å². The second-order valence-electron chi connectivity index (χ2n) is 6.65. The Balaban J connectivity index is 1.50. The summed E-state index contributed by atoms with van der Waals surface area (Å²) in [6, 6.07) is 8.23. The van der Waals surface area contributed by atoms with E-state index in [9.17, 15) is 0 Å². The van der Waals surface area contributed by atoms with Gasteiger partial charge in [0.15, 0.2) is 5.82 Å². The number of rotatable bonds is 6. The minimum absolute atomic E-state index is 0.147. The maximum atomic E-state index is 5.76. The first-order valence-corrected chi connectivity index (χ1v) is 8.17. The zero-order chi connectivity index (χ0) is 17.7. The third-order valence-electron chi connectivity index (χ3n) is 3.67. The molecule has 0 spiro atoms. The van der Waals surface area contributed by atoms with E-state index < -0.39 is 0 Å². The van der Waals surface area contributed by atoms with Crippen LogP contribution >= 0.6 is 0 Å². The summed E-state index contributed by atoms with van der Waals surface area (Å²) < 4.78 is 7.32. The average molecular weight is 338 g/mol. The molecule has 25 heavy (non-hydrogen) atoms. The van der Waals surface area contributed by atoms with E-state index in [-0.39, 0.29) is 5.41 Å². The first kappa shape index (κ1) is 16.9. The predicted molar refractivity (Wildman–Crippen MR) is 96.1 cm³/mol. The lowest BCUT2D eigenvalue weighted by Crippen LogP contribution is -2.14. The van der Waals surface area contributed by atoms with Crippen LogP contribution in [0.4, 0.5) is 5.82 Å². The molecule has 2 aromatic heterocycles. The van der Waals surface area contributed by atoms with Crippen molar-refractivity contribution in [3.8, 4) is 11.6 Å². The van der Waals surface area contributed by atoms with Crippen molar-refractivity contribution in [2.75, 3.05) is 18.5 Å². The van der Waals surface area contributed by atoms with Crippen LogP contribution < -0.4 is 10.1 Å². The third-order valence-corrected chi connectivity index (χ3v) is 3.67. The number of ether oxygens (including phenoxy) is 1. The number of aromatic nitrogens is 5. The van der Waals surface area contributed by atoms with Gasteiger partial charge in [0, 0.05) is 0 Å². The Morgan fingerprint density at radius 1 is 1.08 bits per heavy atom. The molecule has 0 saturated heterocycles. The molecule has 3 rings (SSSR count). The van der Waals surface area contributed by atoms with Gasteiger partial charge < -0.3 is 10.1 Å². The van der Waals surface area contributed by atoms with Gasteiger partial charge >= 0.3 is 0 Å². The first-order chi connectivity index (χ1) is 12.0. The summed E-state index contributed by atoms with van der Waals surface area (Å²) in [7, 11) is 0. The summed E-state index contributed by atoms with van der Waals surface area (Å²) in [6.45, 7) is 7.74. The second-order valence-corrected chi connectivity index (χ2v) is 6.65. The van der Waals surface area contributed by atoms with Crippen LogP contribution in [0.15, 0.2) is 49.3 Å². The summed E-state index contributed by atoms with van der Waals surface area (Å²) in [5, 5.41) is 7.23. The highest BCUT2D eigenvalue weighted by Crippen LogP contribution is 2.24. The fraction of sp³-hybridized carbons (Fsp3) is 0.333. The first-order valence-electron chi connectivity index (χ1n) is 8.17. The van der Waals surface area contributed by atoms with Crippen LogP contribution in [0, 0.1) is 0 Å². The molecule has 0 amide bonds. The lowest BCUT2D eigenvalue weighted by atomic mass is 9.87. The second kappa shape index (κ2) is 7.29. The molecule has 7 nitrogen and oxygen atoms in total. The molecule has 0 unspecified atom stereocenters. The Morgan fingerprint density at radius 2 is 1.88 bits per heavy atom. The molecule has 0 atom stereocenters. The normalized spacial score (nSPS) is 11.3. The van der Waals surface area contributed by atoms with Crippen LogP contribution in [0.25, 0.3) is 5.82 Å². The molecular weight excluding hydrogens is 316 g/mol. The Hall–Kier alpha value is -2.96. The zero-order valence-electron chi connectivity index (χ0n) is 14.7. The van der Waals surface area contributed by atoms with Crippen LogP contribution in [0.1, 0.15) is 26.3 Å². The van der Waals surface area contributed by atoms with E-state index in [0.29, 0.717) is 24.8 Å². The Kier molecular flexibility index (Phi) is 4.92. The van der Waals surface area contributed by atoms with E-state index in [1.54, 1.807) is 23.4 Å². The van der Waals surface area contributed by atoms with Gasteiger partial charge in [-0.2, -0.15) is 5.10 Å². The van der Waals surface area contributed by atoms with E-state index in [1.165, 1.54) is 11.9 Å². The molecule has 1 N–H and O–H groups in total. The third kappa shape index (κ3) is 4.53. The molecule has 7 heteroatoms. The van der Waals surface area contributed by atoms with E-state index in [0.717, 1.165) is 5.75 Å². The SMILES string of the molecule is CC(C)(C)c1ccc(OCCNc2cncc(-n3cncn3)n2)cc1. The summed E-state index contributed by atoms with van der Waals surface area (Å²) in [4.78, 5) is 12.5.